The van der Waals surface area contributed by atoms with Crippen molar-refractivity contribution in [3.63, 3.8) is 0 Å². The molecule has 0 rings (SSSR count). The van der Waals surface area contributed by atoms with E-state index in [-0.39, 0.29) is 0 Å². The van der Waals surface area contributed by atoms with Crippen LogP contribution in [0.1, 0.15) is 0 Å². The number of hydrogen-bond donors (Lipinski definition) is 0. The maximum atomic E-state index is 4.67. The Bertz CT molecular complexity index is 7.51. The summed E-state index contributed by atoms with van der Waals surface area (Å²) >= 11 is 1.51. The van der Waals surface area contributed by atoms with E-state index in [1.807, 2.05) is 0 Å². The van der Waals surface area contributed by atoms with Gasteiger partial charge in [0, 0.05) is 0 Å². The zero-order valence-corrected chi connectivity index (χ0v) is 7.02. The van der Waals surface area contributed by atoms with Crippen molar-refractivity contribution in [2.75, 3.05) is 0 Å². The first kappa shape index (κ1) is 11.1. The zero-order valence-electron chi connectivity index (χ0n) is 2.11. The van der Waals surface area contributed by atoms with Crippen molar-refractivity contribution < 1.29 is 26.3 Å². The topological polar surface area (TPSA) is 0 Å². The average Bonchev–Trinajstić information content (AvgIpc) is 1.39. The molecule has 0 bridgehead atoms. The normalized spacial score (nSPS) is 7.33. The molecule has 0 fully saturated rings. The van der Waals surface area contributed by atoms with Gasteiger partial charge in [-0.1, -0.05) is 0 Å². The van der Waals surface area contributed by atoms with Gasteiger partial charge in [0.05, 0.1) is 0 Å². The van der Waals surface area contributed by atoms with Crippen LogP contribution in [-0.4, -0.2) is 0 Å². The second kappa shape index (κ2) is 15.7. The monoisotopic (exact) mass is 266 g/mol. The van der Waals surface area contributed by atoms with Crippen LogP contribution in [0, 0.1) is 0 Å². The summed E-state index contributed by atoms with van der Waals surface area (Å²) in [6.07, 6.45) is 0. The molecule has 0 aliphatic carbocycles. The summed E-state index contributed by atoms with van der Waals surface area (Å²) in [6.45, 7) is 0. The van der Waals surface area contributed by atoms with Crippen LogP contribution < -0.4 is 0 Å². The molecule has 0 amide bonds. The number of hydrogen-bond acceptors (Lipinski definition) is 0. The Morgan fingerprint density at radius 1 is 0.667 bits per heavy atom. The van der Waals surface area contributed by atoms with Crippen LogP contribution >= 0.6 is 40.4 Å². The molecule has 0 heterocycles. The Morgan fingerprint density at radius 2 is 0.667 bits per heavy atom. The molecule has 0 spiro atoms. The van der Waals surface area contributed by atoms with Gasteiger partial charge < -0.3 is 0 Å². The van der Waals surface area contributed by atoms with Crippen molar-refractivity contribution in [3.05, 3.63) is 0 Å². The second-order valence-electron chi connectivity index (χ2n) is 0.0861. The van der Waals surface area contributed by atoms with Gasteiger partial charge in [0.25, 0.3) is 0 Å². The summed E-state index contributed by atoms with van der Waals surface area (Å²) in [6, 6.07) is 0. The van der Waals surface area contributed by atoms with E-state index in [2.05, 4.69) is 40.4 Å². The van der Waals surface area contributed by atoms with Crippen molar-refractivity contribution in [3.8, 4) is 0 Å². The van der Waals surface area contributed by atoms with E-state index >= 15 is 0 Å². The quantitative estimate of drug-likeness (QED) is 0.593. The van der Waals surface area contributed by atoms with E-state index in [4.69, 9.17) is 0 Å². The first-order valence-corrected chi connectivity index (χ1v) is 5.64. The number of rotatable bonds is 0. The van der Waals surface area contributed by atoms with E-state index in [0.29, 0.717) is 0 Å². The van der Waals surface area contributed by atoms with Crippen molar-refractivity contribution in [2.45, 2.75) is 0 Å². The molecule has 0 nitrogen and oxygen atoms in total. The van der Waals surface area contributed by atoms with Crippen LogP contribution in [-0.2, 0) is 26.3 Å². The third kappa shape index (κ3) is 34.7. The Hall–Kier alpha value is 2.20. The molecule has 0 aromatic carbocycles. The fraction of sp³-hybridized carbons (Fsp3) is 0. The van der Waals surface area contributed by atoms with E-state index in [9.17, 15) is 0 Å². The Morgan fingerprint density at radius 3 is 0.667 bits per heavy atom. The van der Waals surface area contributed by atoms with E-state index < -0.39 is 0 Å². The van der Waals surface area contributed by atoms with Crippen molar-refractivity contribution >= 4 is 40.4 Å². The van der Waals surface area contributed by atoms with Gasteiger partial charge in [-0.2, -0.15) is 0 Å². The minimum absolute atomic E-state index is 0.757. The molecule has 0 saturated heterocycles. The zero-order chi connectivity index (χ0) is 5.41. The van der Waals surface area contributed by atoms with E-state index in [1.165, 1.54) is 0 Å². The molecule has 0 aliphatic rings. The molecule has 0 aromatic rings. The van der Waals surface area contributed by atoms with Gasteiger partial charge in [-0.3, -0.25) is 0 Å². The molecule has 6 heavy (non-hydrogen) atoms. The van der Waals surface area contributed by atoms with Crippen LogP contribution in [0.4, 0.5) is 0 Å². The maximum absolute atomic E-state index is 4.67. The van der Waals surface area contributed by atoms with E-state index in [1.54, 1.807) is 0 Å². The van der Waals surface area contributed by atoms with Crippen molar-refractivity contribution in [2.24, 2.45) is 0 Å². The molecule has 0 atom stereocenters. The Labute approximate surface area is 66.1 Å². The molecule has 0 N–H and O–H groups in total. The molecule has 0 saturated carbocycles. The minimum atomic E-state index is 0.757. The Balaban J connectivity index is 0. The molecule has 6 heteroatoms. The third-order valence-electron chi connectivity index (χ3n) is 0. The fourth-order valence-corrected chi connectivity index (χ4v) is 0. The average molecular weight is 269 g/mol. The van der Waals surface area contributed by atoms with Gasteiger partial charge in [-0.25, -0.2) is 0 Å². The van der Waals surface area contributed by atoms with Crippen LogP contribution in [0.15, 0.2) is 0 Å². The van der Waals surface area contributed by atoms with Gasteiger partial charge in [0.1, 0.15) is 0 Å². The second-order valence-corrected chi connectivity index (χ2v) is 3.20. The summed E-state index contributed by atoms with van der Waals surface area (Å²) in [4.78, 5) is 0. The molecular formula is Cl4Cu2. The van der Waals surface area contributed by atoms with Gasteiger partial charge in [0.2, 0.25) is 0 Å². The molecular weight excluding hydrogens is 269 g/mol. The molecule has 0 unspecified atom stereocenters. The van der Waals surface area contributed by atoms with Crippen LogP contribution in [0.3, 0.4) is 0 Å². The van der Waals surface area contributed by atoms with Gasteiger partial charge in [0.15, 0.2) is 0 Å². The van der Waals surface area contributed by atoms with Gasteiger partial charge >= 0.3 is 66.7 Å². The molecule has 0 radical (unpaired) electrons. The van der Waals surface area contributed by atoms with Crippen molar-refractivity contribution in [1.29, 1.82) is 0 Å². The van der Waals surface area contributed by atoms with Crippen LogP contribution in [0.2, 0.25) is 0 Å². The Kier molecular flexibility index (Phi) is 28.9. The third-order valence-corrected chi connectivity index (χ3v) is 0. The molecule has 0 aliphatic heterocycles. The standard InChI is InChI=1S/4ClH.2Cu/h4*1H;;/q;;;;2*+2/p-4. The first-order valence-electron chi connectivity index (χ1n) is 0.456. The summed E-state index contributed by atoms with van der Waals surface area (Å²) in [5.74, 6) is 0. The van der Waals surface area contributed by atoms with Crippen LogP contribution in [0.25, 0.3) is 0 Å². The predicted octanol–water partition coefficient (Wildman–Crippen LogP) is 2.75. The van der Waals surface area contributed by atoms with Crippen molar-refractivity contribution in [1.82, 2.24) is 0 Å². The SMILES string of the molecule is [Cl][Cu][Cl].[Cl][Cu][Cl]. The molecule has 0 aromatic heterocycles. The summed E-state index contributed by atoms with van der Waals surface area (Å²) in [5, 5.41) is 0. The first-order chi connectivity index (χ1) is 2.83. The summed E-state index contributed by atoms with van der Waals surface area (Å²) in [7, 11) is 18.7. The summed E-state index contributed by atoms with van der Waals surface area (Å²) < 4.78 is 0. The fourth-order valence-electron chi connectivity index (χ4n) is 0. The van der Waals surface area contributed by atoms with Crippen LogP contribution in [0.5, 0.6) is 0 Å². The number of halogens is 4. The van der Waals surface area contributed by atoms with E-state index in [0.717, 1.165) is 26.3 Å². The molecule has 50 valence electrons. The van der Waals surface area contributed by atoms with Gasteiger partial charge in [-0.05, 0) is 0 Å². The predicted molar refractivity (Wildman–Crippen MR) is 23.4 cm³/mol. The summed E-state index contributed by atoms with van der Waals surface area (Å²) in [5.41, 5.74) is 0. The van der Waals surface area contributed by atoms with Gasteiger partial charge in [-0.15, -0.1) is 0 Å².